The molecular formula is C20H24FN5. The molecule has 0 aliphatic carbocycles. The van der Waals surface area contributed by atoms with E-state index >= 15 is 0 Å². The van der Waals surface area contributed by atoms with E-state index in [2.05, 4.69) is 23.9 Å². The summed E-state index contributed by atoms with van der Waals surface area (Å²) < 4.78 is 16.3. The Morgan fingerprint density at radius 1 is 1.08 bits per heavy atom. The molecule has 0 spiro atoms. The van der Waals surface area contributed by atoms with Crippen LogP contribution in [-0.2, 0) is 6.42 Å². The molecule has 3 aromatic rings. The van der Waals surface area contributed by atoms with E-state index in [4.69, 9.17) is 4.98 Å². The van der Waals surface area contributed by atoms with Gasteiger partial charge < -0.3 is 0 Å². The van der Waals surface area contributed by atoms with Crippen LogP contribution in [-0.4, -0.2) is 38.7 Å². The minimum Gasteiger partial charge on any atom is -0.296 e. The SMILES string of the molecule is CC(C)Cc1nc([C@@H](c2ccccc2F)N(C)C)n(-c2ccccn2)n1. The quantitative estimate of drug-likeness (QED) is 0.679. The van der Waals surface area contributed by atoms with Gasteiger partial charge in [-0.05, 0) is 38.2 Å². The van der Waals surface area contributed by atoms with Crippen LogP contribution >= 0.6 is 0 Å². The van der Waals surface area contributed by atoms with Gasteiger partial charge in [-0.2, -0.15) is 4.68 Å². The van der Waals surface area contributed by atoms with Crippen molar-refractivity contribution in [3.63, 3.8) is 0 Å². The molecule has 1 aromatic carbocycles. The summed E-state index contributed by atoms with van der Waals surface area (Å²) in [6.45, 7) is 4.25. The molecule has 5 nitrogen and oxygen atoms in total. The van der Waals surface area contributed by atoms with Gasteiger partial charge in [0, 0.05) is 18.2 Å². The highest BCUT2D eigenvalue weighted by atomic mass is 19.1. The highest BCUT2D eigenvalue weighted by Crippen LogP contribution is 2.29. The van der Waals surface area contributed by atoms with E-state index in [0.717, 1.165) is 12.2 Å². The fourth-order valence-electron chi connectivity index (χ4n) is 2.99. The standard InChI is InChI=1S/C20H24FN5/c1-14(2)13-17-23-20(26(24-17)18-11-7-8-12-22-18)19(25(3)4)15-9-5-6-10-16(15)21/h5-12,14,19H,13H2,1-4H3/t19-/m1/s1. The first-order valence-electron chi connectivity index (χ1n) is 8.75. The lowest BCUT2D eigenvalue weighted by Crippen LogP contribution is -2.25. The molecule has 0 N–H and O–H groups in total. The van der Waals surface area contributed by atoms with Crippen LogP contribution < -0.4 is 0 Å². The predicted molar refractivity (Wildman–Crippen MR) is 99.6 cm³/mol. The molecular weight excluding hydrogens is 329 g/mol. The fourth-order valence-corrected chi connectivity index (χ4v) is 2.99. The molecule has 0 unspecified atom stereocenters. The molecule has 0 amide bonds. The van der Waals surface area contributed by atoms with Crippen LogP contribution in [0.1, 0.15) is 37.1 Å². The van der Waals surface area contributed by atoms with E-state index in [1.54, 1.807) is 23.0 Å². The largest absolute Gasteiger partial charge is 0.296 e. The molecule has 0 fully saturated rings. The molecule has 2 heterocycles. The molecule has 0 saturated carbocycles. The van der Waals surface area contributed by atoms with Crippen LogP contribution in [0, 0.1) is 11.7 Å². The highest BCUT2D eigenvalue weighted by Gasteiger charge is 2.27. The molecule has 136 valence electrons. The van der Waals surface area contributed by atoms with E-state index in [1.807, 2.05) is 43.3 Å². The Labute approximate surface area is 153 Å². The van der Waals surface area contributed by atoms with Gasteiger partial charge >= 0.3 is 0 Å². The van der Waals surface area contributed by atoms with Gasteiger partial charge in [0.25, 0.3) is 0 Å². The molecule has 0 saturated heterocycles. The molecule has 3 rings (SSSR count). The Kier molecular flexibility index (Phi) is 5.42. The van der Waals surface area contributed by atoms with Gasteiger partial charge in [0.05, 0.1) is 6.04 Å². The smallest absolute Gasteiger partial charge is 0.156 e. The second kappa shape index (κ2) is 7.74. The number of benzene rings is 1. The van der Waals surface area contributed by atoms with Crippen LogP contribution in [0.5, 0.6) is 0 Å². The van der Waals surface area contributed by atoms with E-state index in [9.17, 15) is 4.39 Å². The minimum absolute atomic E-state index is 0.257. The van der Waals surface area contributed by atoms with Gasteiger partial charge in [-0.1, -0.05) is 38.1 Å². The summed E-state index contributed by atoms with van der Waals surface area (Å²) >= 11 is 0. The lowest BCUT2D eigenvalue weighted by Gasteiger charge is -2.24. The average Bonchev–Trinajstić information content (AvgIpc) is 3.00. The van der Waals surface area contributed by atoms with Crippen molar-refractivity contribution in [1.29, 1.82) is 0 Å². The number of pyridine rings is 1. The first-order valence-corrected chi connectivity index (χ1v) is 8.75. The molecule has 1 atom stereocenters. The summed E-state index contributed by atoms with van der Waals surface area (Å²) in [6.07, 6.45) is 2.47. The topological polar surface area (TPSA) is 46.8 Å². The minimum atomic E-state index is -0.369. The van der Waals surface area contributed by atoms with Crippen molar-refractivity contribution >= 4 is 0 Å². The number of aromatic nitrogens is 4. The molecule has 26 heavy (non-hydrogen) atoms. The van der Waals surface area contributed by atoms with Crippen LogP contribution in [0.15, 0.2) is 48.7 Å². The Hall–Kier alpha value is -2.60. The highest BCUT2D eigenvalue weighted by molar-refractivity contribution is 5.31. The maximum Gasteiger partial charge on any atom is 0.156 e. The van der Waals surface area contributed by atoms with E-state index in [-0.39, 0.29) is 11.9 Å². The van der Waals surface area contributed by atoms with E-state index in [1.165, 1.54) is 6.07 Å². The Morgan fingerprint density at radius 2 is 1.81 bits per heavy atom. The van der Waals surface area contributed by atoms with Gasteiger partial charge in [-0.25, -0.2) is 14.4 Å². The van der Waals surface area contributed by atoms with Crippen molar-refractivity contribution in [2.75, 3.05) is 14.1 Å². The third kappa shape index (κ3) is 3.80. The van der Waals surface area contributed by atoms with Gasteiger partial charge in [0.2, 0.25) is 0 Å². The molecule has 0 radical (unpaired) electrons. The molecule has 0 aliphatic rings. The molecule has 6 heteroatoms. The van der Waals surface area contributed by atoms with Crippen molar-refractivity contribution in [3.8, 4) is 5.82 Å². The monoisotopic (exact) mass is 353 g/mol. The molecule has 2 aromatic heterocycles. The van der Waals surface area contributed by atoms with Crippen molar-refractivity contribution in [1.82, 2.24) is 24.6 Å². The summed E-state index contributed by atoms with van der Waals surface area (Å²) in [5.41, 5.74) is 0.568. The second-order valence-electron chi connectivity index (χ2n) is 6.97. The van der Waals surface area contributed by atoms with Gasteiger partial charge in [0.1, 0.15) is 5.82 Å². The van der Waals surface area contributed by atoms with E-state index < -0.39 is 0 Å². The number of rotatable bonds is 6. The van der Waals surface area contributed by atoms with Gasteiger partial charge in [-0.3, -0.25) is 4.90 Å². The third-order valence-corrected chi connectivity index (χ3v) is 4.09. The Morgan fingerprint density at radius 3 is 2.42 bits per heavy atom. The van der Waals surface area contributed by atoms with Gasteiger partial charge in [-0.15, -0.1) is 5.10 Å². The Bertz CT molecular complexity index is 858. The van der Waals surface area contributed by atoms with Crippen LogP contribution in [0.4, 0.5) is 4.39 Å². The van der Waals surface area contributed by atoms with Crippen molar-refractivity contribution < 1.29 is 4.39 Å². The van der Waals surface area contributed by atoms with Crippen LogP contribution in [0.3, 0.4) is 0 Å². The average molecular weight is 353 g/mol. The lowest BCUT2D eigenvalue weighted by atomic mass is 10.0. The number of hydrogen-bond acceptors (Lipinski definition) is 4. The summed E-state index contributed by atoms with van der Waals surface area (Å²) in [5.74, 6) is 2.24. The van der Waals surface area contributed by atoms with Crippen molar-refractivity contribution in [2.24, 2.45) is 5.92 Å². The number of hydrogen-bond donors (Lipinski definition) is 0. The van der Waals surface area contributed by atoms with Gasteiger partial charge in [0.15, 0.2) is 17.5 Å². The second-order valence-corrected chi connectivity index (χ2v) is 6.97. The fraction of sp³-hybridized carbons (Fsp3) is 0.350. The maximum absolute atomic E-state index is 14.5. The van der Waals surface area contributed by atoms with Crippen molar-refractivity contribution in [3.05, 3.63) is 71.7 Å². The predicted octanol–water partition coefficient (Wildman–Crippen LogP) is 3.65. The molecule has 0 bridgehead atoms. The first-order chi connectivity index (χ1) is 12.5. The number of halogens is 1. The number of nitrogens with zero attached hydrogens (tertiary/aromatic N) is 5. The summed E-state index contributed by atoms with van der Waals surface area (Å²) in [4.78, 5) is 11.1. The zero-order valence-electron chi connectivity index (χ0n) is 15.6. The van der Waals surface area contributed by atoms with Crippen LogP contribution in [0.25, 0.3) is 5.82 Å². The molecule has 0 aliphatic heterocycles. The third-order valence-electron chi connectivity index (χ3n) is 4.09. The van der Waals surface area contributed by atoms with Crippen molar-refractivity contribution in [2.45, 2.75) is 26.3 Å². The lowest BCUT2D eigenvalue weighted by molar-refractivity contribution is 0.317. The van der Waals surface area contributed by atoms with E-state index in [0.29, 0.717) is 23.1 Å². The zero-order valence-corrected chi connectivity index (χ0v) is 15.6. The first kappa shape index (κ1) is 18.2. The maximum atomic E-state index is 14.5. The summed E-state index contributed by atoms with van der Waals surface area (Å²) in [7, 11) is 3.83. The zero-order chi connectivity index (χ0) is 18.7. The van der Waals surface area contributed by atoms with Crippen LogP contribution in [0.2, 0.25) is 0 Å². The summed E-state index contributed by atoms with van der Waals surface area (Å²) in [5, 5.41) is 4.67. The summed E-state index contributed by atoms with van der Waals surface area (Å²) in [6, 6.07) is 12.1. The Balaban J connectivity index is 2.17. The normalized spacial score (nSPS) is 12.7.